The van der Waals surface area contributed by atoms with Crippen molar-refractivity contribution in [2.45, 2.75) is 13.0 Å². The van der Waals surface area contributed by atoms with E-state index in [2.05, 4.69) is 30.9 Å². The second-order valence-electron chi connectivity index (χ2n) is 5.97. The lowest BCUT2D eigenvalue weighted by Gasteiger charge is -2.22. The van der Waals surface area contributed by atoms with E-state index in [1.807, 2.05) is 35.4 Å². The van der Waals surface area contributed by atoms with E-state index in [0.717, 1.165) is 29.6 Å². The highest BCUT2D eigenvalue weighted by Gasteiger charge is 2.34. The van der Waals surface area contributed by atoms with E-state index in [1.54, 1.807) is 0 Å². The molecule has 2 aromatic rings. The zero-order valence-corrected chi connectivity index (χ0v) is 12.3. The summed E-state index contributed by atoms with van der Waals surface area (Å²) >= 11 is 0. The van der Waals surface area contributed by atoms with Gasteiger partial charge in [0, 0.05) is 30.7 Å². The number of aromatic amines is 1. The molecular weight excluding hydrogens is 250 g/mol. The highest BCUT2D eigenvalue weighted by molar-refractivity contribution is 6.05. The van der Waals surface area contributed by atoms with Gasteiger partial charge in [-0.2, -0.15) is 0 Å². The van der Waals surface area contributed by atoms with Crippen LogP contribution in [0.3, 0.4) is 0 Å². The van der Waals surface area contributed by atoms with Gasteiger partial charge in [0.15, 0.2) is 0 Å². The minimum absolute atomic E-state index is 0.134. The van der Waals surface area contributed by atoms with Crippen molar-refractivity contribution >= 4 is 16.8 Å². The minimum Gasteiger partial charge on any atom is -0.361 e. The number of hydrogen-bond donors (Lipinski definition) is 1. The number of likely N-dealkylation sites (tertiary alicyclic amines) is 1. The molecule has 1 amide bonds. The monoisotopic (exact) mass is 271 g/mol. The van der Waals surface area contributed by atoms with Gasteiger partial charge in [0.1, 0.15) is 0 Å². The van der Waals surface area contributed by atoms with Gasteiger partial charge >= 0.3 is 0 Å². The maximum atomic E-state index is 12.8. The number of aromatic nitrogens is 1. The molecule has 1 aromatic carbocycles. The van der Waals surface area contributed by atoms with Crippen LogP contribution in [0.15, 0.2) is 30.5 Å². The van der Waals surface area contributed by atoms with E-state index in [1.165, 1.54) is 0 Å². The zero-order chi connectivity index (χ0) is 14.3. The van der Waals surface area contributed by atoms with Crippen molar-refractivity contribution in [1.29, 1.82) is 0 Å². The first-order valence-electron chi connectivity index (χ1n) is 7.09. The van der Waals surface area contributed by atoms with Gasteiger partial charge < -0.3 is 14.8 Å². The molecule has 2 atom stereocenters. The van der Waals surface area contributed by atoms with Crippen LogP contribution in [0.1, 0.15) is 17.3 Å². The molecule has 1 N–H and O–H groups in total. The molecule has 0 saturated carbocycles. The van der Waals surface area contributed by atoms with Gasteiger partial charge in [-0.1, -0.05) is 19.1 Å². The fourth-order valence-electron chi connectivity index (χ4n) is 3.22. The van der Waals surface area contributed by atoms with E-state index >= 15 is 0 Å². The third-order valence-electron chi connectivity index (χ3n) is 4.34. The van der Waals surface area contributed by atoms with Crippen LogP contribution in [0.5, 0.6) is 0 Å². The molecule has 1 aromatic heterocycles. The van der Waals surface area contributed by atoms with E-state index < -0.39 is 0 Å². The lowest BCUT2D eigenvalue weighted by atomic mass is 10.1. The first-order valence-corrected chi connectivity index (χ1v) is 7.09. The topological polar surface area (TPSA) is 39.3 Å². The maximum Gasteiger partial charge on any atom is 0.256 e. The molecule has 2 unspecified atom stereocenters. The van der Waals surface area contributed by atoms with Gasteiger partial charge in [-0.15, -0.1) is 0 Å². The second-order valence-corrected chi connectivity index (χ2v) is 5.97. The van der Waals surface area contributed by atoms with Crippen molar-refractivity contribution in [2.24, 2.45) is 5.92 Å². The number of nitrogens with one attached hydrogen (secondary N) is 1. The summed E-state index contributed by atoms with van der Waals surface area (Å²) in [6, 6.07) is 8.34. The van der Waals surface area contributed by atoms with E-state index in [-0.39, 0.29) is 5.91 Å². The Bertz CT molecular complexity index is 631. The molecule has 0 aliphatic carbocycles. The highest BCUT2D eigenvalue weighted by atomic mass is 16.2. The van der Waals surface area contributed by atoms with Crippen LogP contribution < -0.4 is 0 Å². The van der Waals surface area contributed by atoms with E-state index in [0.29, 0.717) is 12.0 Å². The Morgan fingerprint density at radius 1 is 1.30 bits per heavy atom. The summed E-state index contributed by atoms with van der Waals surface area (Å²) < 4.78 is 0. The standard InChI is InChI=1S/C16H21N3O/c1-11-9-19(10-14(11)18(2)3)16(20)13-6-4-5-12-7-8-17-15(12)13/h4-8,11,14,17H,9-10H2,1-3H3. The normalized spacial score (nSPS) is 22.9. The van der Waals surface area contributed by atoms with Gasteiger partial charge in [-0.25, -0.2) is 0 Å². The quantitative estimate of drug-likeness (QED) is 0.909. The van der Waals surface area contributed by atoms with Gasteiger partial charge in [0.2, 0.25) is 0 Å². The first-order chi connectivity index (χ1) is 9.58. The number of carbonyl (C=O) groups is 1. The third-order valence-corrected chi connectivity index (χ3v) is 4.34. The van der Waals surface area contributed by atoms with Crippen LogP contribution in [0.4, 0.5) is 0 Å². The molecule has 2 heterocycles. The van der Waals surface area contributed by atoms with Crippen molar-refractivity contribution in [1.82, 2.24) is 14.8 Å². The number of amides is 1. The Labute approximate surface area is 119 Å². The number of carbonyl (C=O) groups excluding carboxylic acids is 1. The molecule has 106 valence electrons. The number of para-hydroxylation sites is 1. The number of hydrogen-bond acceptors (Lipinski definition) is 2. The molecule has 1 aliphatic heterocycles. The van der Waals surface area contributed by atoms with Gasteiger partial charge in [0.25, 0.3) is 5.91 Å². The summed E-state index contributed by atoms with van der Waals surface area (Å²) in [6.07, 6.45) is 1.89. The number of nitrogens with zero attached hydrogens (tertiary/aromatic N) is 2. The third kappa shape index (κ3) is 2.10. The molecule has 1 fully saturated rings. The second kappa shape index (κ2) is 4.94. The lowest BCUT2D eigenvalue weighted by Crippen LogP contribution is -2.35. The molecule has 0 spiro atoms. The average molecular weight is 271 g/mol. The van der Waals surface area contributed by atoms with Crippen LogP contribution >= 0.6 is 0 Å². The Hall–Kier alpha value is -1.81. The van der Waals surface area contributed by atoms with Crippen molar-refractivity contribution in [3.05, 3.63) is 36.0 Å². The predicted octanol–water partition coefficient (Wildman–Crippen LogP) is 2.19. The molecular formula is C16H21N3O. The SMILES string of the molecule is CC1CN(C(=O)c2cccc3cc[nH]c23)CC1N(C)C. The van der Waals surface area contributed by atoms with Gasteiger partial charge in [-0.3, -0.25) is 4.79 Å². The molecule has 0 radical (unpaired) electrons. The Balaban J connectivity index is 1.88. The largest absolute Gasteiger partial charge is 0.361 e. The number of benzene rings is 1. The van der Waals surface area contributed by atoms with Crippen molar-refractivity contribution in [3.63, 3.8) is 0 Å². The molecule has 20 heavy (non-hydrogen) atoms. The summed E-state index contributed by atoms with van der Waals surface area (Å²) in [4.78, 5) is 20.1. The molecule has 4 nitrogen and oxygen atoms in total. The van der Waals surface area contributed by atoms with Gasteiger partial charge in [-0.05, 0) is 32.1 Å². The number of likely N-dealkylation sites (N-methyl/N-ethyl adjacent to an activating group) is 1. The fourth-order valence-corrected chi connectivity index (χ4v) is 3.22. The zero-order valence-electron chi connectivity index (χ0n) is 12.3. The van der Waals surface area contributed by atoms with Crippen LogP contribution in [-0.2, 0) is 0 Å². The van der Waals surface area contributed by atoms with Crippen molar-refractivity contribution < 1.29 is 4.79 Å². The van der Waals surface area contributed by atoms with Crippen LogP contribution in [0.2, 0.25) is 0 Å². The fraction of sp³-hybridized carbons (Fsp3) is 0.438. The molecule has 3 rings (SSSR count). The Morgan fingerprint density at radius 2 is 2.10 bits per heavy atom. The molecule has 1 aliphatic rings. The smallest absolute Gasteiger partial charge is 0.256 e. The van der Waals surface area contributed by atoms with Gasteiger partial charge in [0.05, 0.1) is 11.1 Å². The minimum atomic E-state index is 0.134. The van der Waals surface area contributed by atoms with Crippen LogP contribution in [-0.4, -0.2) is 53.9 Å². The maximum absolute atomic E-state index is 12.8. The number of H-pyrrole nitrogens is 1. The summed E-state index contributed by atoms with van der Waals surface area (Å²) in [6.45, 7) is 3.86. The van der Waals surface area contributed by atoms with Crippen LogP contribution in [0, 0.1) is 5.92 Å². The predicted molar refractivity (Wildman–Crippen MR) is 80.8 cm³/mol. The Kier molecular flexibility index (Phi) is 3.26. The van der Waals surface area contributed by atoms with Crippen molar-refractivity contribution in [3.8, 4) is 0 Å². The molecule has 0 bridgehead atoms. The summed E-state index contributed by atoms with van der Waals surface area (Å²) in [7, 11) is 4.17. The van der Waals surface area contributed by atoms with Crippen molar-refractivity contribution in [2.75, 3.05) is 27.2 Å². The summed E-state index contributed by atoms with van der Waals surface area (Å²) in [5, 5.41) is 1.09. The lowest BCUT2D eigenvalue weighted by molar-refractivity contribution is 0.0783. The highest BCUT2D eigenvalue weighted by Crippen LogP contribution is 2.24. The average Bonchev–Trinajstić information content (AvgIpc) is 3.03. The number of rotatable bonds is 2. The summed E-state index contributed by atoms with van der Waals surface area (Å²) in [5.74, 6) is 0.644. The number of fused-ring (bicyclic) bond motifs is 1. The van der Waals surface area contributed by atoms with E-state index in [4.69, 9.17) is 0 Å². The first kappa shape index (κ1) is 13.2. The Morgan fingerprint density at radius 3 is 2.80 bits per heavy atom. The van der Waals surface area contributed by atoms with E-state index in [9.17, 15) is 4.79 Å². The van der Waals surface area contributed by atoms with Crippen LogP contribution in [0.25, 0.3) is 10.9 Å². The molecule has 4 heteroatoms. The summed E-state index contributed by atoms with van der Waals surface area (Å²) in [5.41, 5.74) is 1.72. The molecule has 1 saturated heterocycles.